The summed E-state index contributed by atoms with van der Waals surface area (Å²) in [6.07, 6.45) is 2.26. The summed E-state index contributed by atoms with van der Waals surface area (Å²) in [6, 6.07) is 7.92. The maximum absolute atomic E-state index is 13.1. The van der Waals surface area contributed by atoms with E-state index in [4.69, 9.17) is 4.52 Å². The fourth-order valence-electron chi connectivity index (χ4n) is 3.50. The minimum Gasteiger partial charge on any atom is -0.361 e. The highest BCUT2D eigenvalue weighted by Crippen LogP contribution is 2.30. The molecule has 1 unspecified atom stereocenters. The Morgan fingerprint density at radius 2 is 2.19 bits per heavy atom. The van der Waals surface area contributed by atoms with E-state index in [0.717, 1.165) is 59.3 Å². The molecule has 5 nitrogen and oxygen atoms in total. The summed E-state index contributed by atoms with van der Waals surface area (Å²) in [7, 11) is 1.97. The Hall–Kier alpha value is -1.79. The van der Waals surface area contributed by atoms with Crippen LogP contribution in [0.25, 0.3) is 0 Å². The molecule has 1 atom stereocenters. The zero-order valence-corrected chi connectivity index (χ0v) is 16.6. The number of aromatic nitrogens is 1. The molecule has 0 spiro atoms. The van der Waals surface area contributed by atoms with E-state index in [-0.39, 0.29) is 5.91 Å². The van der Waals surface area contributed by atoms with Crippen LogP contribution < -0.4 is 5.32 Å². The first-order valence-electron chi connectivity index (χ1n) is 9.17. The lowest BCUT2D eigenvalue weighted by molar-refractivity contribution is 0.0670. The van der Waals surface area contributed by atoms with E-state index < -0.39 is 0 Å². The molecule has 1 aliphatic rings. The largest absolute Gasteiger partial charge is 0.361 e. The second kappa shape index (κ2) is 8.73. The van der Waals surface area contributed by atoms with Crippen molar-refractivity contribution < 1.29 is 9.32 Å². The summed E-state index contributed by atoms with van der Waals surface area (Å²) in [5.41, 5.74) is 2.84. The van der Waals surface area contributed by atoms with Gasteiger partial charge in [-0.1, -0.05) is 17.3 Å². The van der Waals surface area contributed by atoms with Gasteiger partial charge in [0.2, 0.25) is 0 Å². The van der Waals surface area contributed by atoms with Crippen LogP contribution in [0.2, 0.25) is 0 Å². The molecule has 3 rings (SSSR count). The van der Waals surface area contributed by atoms with Gasteiger partial charge in [0.15, 0.2) is 0 Å². The number of aryl methyl sites for hydroxylation is 2. The number of piperidine rings is 1. The molecule has 2 heterocycles. The van der Waals surface area contributed by atoms with Gasteiger partial charge in [0.1, 0.15) is 5.76 Å². The van der Waals surface area contributed by atoms with Gasteiger partial charge in [-0.25, -0.2) is 0 Å². The van der Waals surface area contributed by atoms with Crippen molar-refractivity contribution in [1.82, 2.24) is 15.4 Å². The Morgan fingerprint density at radius 1 is 1.38 bits per heavy atom. The van der Waals surface area contributed by atoms with Gasteiger partial charge in [0.25, 0.3) is 5.91 Å². The molecule has 1 fully saturated rings. The lowest BCUT2D eigenvalue weighted by Gasteiger charge is -2.33. The van der Waals surface area contributed by atoms with Gasteiger partial charge in [-0.15, -0.1) is 11.8 Å². The van der Waals surface area contributed by atoms with Crippen LogP contribution in [0.5, 0.6) is 0 Å². The molecule has 1 amide bonds. The van der Waals surface area contributed by atoms with Crippen LogP contribution in [0.4, 0.5) is 0 Å². The molecule has 0 radical (unpaired) electrons. The number of carbonyl (C=O) groups is 1. The predicted octanol–water partition coefficient (Wildman–Crippen LogP) is 3.66. The zero-order valence-electron chi connectivity index (χ0n) is 15.7. The quantitative estimate of drug-likeness (QED) is 0.783. The third-order valence-electron chi connectivity index (χ3n) is 4.97. The number of nitrogens with one attached hydrogen (secondary N) is 1. The van der Waals surface area contributed by atoms with Crippen molar-refractivity contribution >= 4 is 17.7 Å². The molecule has 1 aromatic carbocycles. The van der Waals surface area contributed by atoms with E-state index in [9.17, 15) is 4.79 Å². The second-order valence-electron chi connectivity index (χ2n) is 6.90. The van der Waals surface area contributed by atoms with E-state index in [1.54, 1.807) is 11.8 Å². The molecule has 0 bridgehead atoms. The Labute approximate surface area is 159 Å². The van der Waals surface area contributed by atoms with Gasteiger partial charge < -0.3 is 14.7 Å². The van der Waals surface area contributed by atoms with E-state index in [0.29, 0.717) is 5.92 Å². The molecule has 140 valence electrons. The maximum atomic E-state index is 13.1. The minimum atomic E-state index is 0.146. The summed E-state index contributed by atoms with van der Waals surface area (Å²) >= 11 is 1.68. The van der Waals surface area contributed by atoms with Gasteiger partial charge in [0.05, 0.1) is 11.3 Å². The standard InChI is InChI=1S/C20H27N3O2S/c1-14-18(15(2)25-22-14)13-26-19-9-5-4-8-17(19)20(24)23-10-6-7-16(12-23)11-21-3/h4-5,8-9,16,21H,6-7,10-13H2,1-3H3. The van der Waals surface area contributed by atoms with Crippen molar-refractivity contribution in [2.24, 2.45) is 5.92 Å². The zero-order chi connectivity index (χ0) is 18.5. The number of rotatable bonds is 6. The first-order chi connectivity index (χ1) is 12.6. The summed E-state index contributed by atoms with van der Waals surface area (Å²) < 4.78 is 5.25. The fraction of sp³-hybridized carbons (Fsp3) is 0.500. The normalized spacial score (nSPS) is 17.5. The SMILES string of the molecule is CNCC1CCCN(C(=O)c2ccccc2SCc2c(C)noc2C)C1. The average molecular weight is 374 g/mol. The molecule has 0 aliphatic carbocycles. The number of hydrogen-bond donors (Lipinski definition) is 1. The highest BCUT2D eigenvalue weighted by molar-refractivity contribution is 7.98. The van der Waals surface area contributed by atoms with Gasteiger partial charge in [0, 0.05) is 29.3 Å². The van der Waals surface area contributed by atoms with Gasteiger partial charge in [-0.2, -0.15) is 0 Å². The number of nitrogens with zero attached hydrogens (tertiary/aromatic N) is 2. The molecule has 1 aliphatic heterocycles. The van der Waals surface area contributed by atoms with Crippen molar-refractivity contribution in [1.29, 1.82) is 0 Å². The molecule has 2 aromatic rings. The topological polar surface area (TPSA) is 58.4 Å². The number of benzene rings is 1. The summed E-state index contributed by atoms with van der Waals surface area (Å²) in [4.78, 5) is 16.2. The molecule has 1 aromatic heterocycles. The van der Waals surface area contributed by atoms with Crippen LogP contribution in [0.15, 0.2) is 33.7 Å². The van der Waals surface area contributed by atoms with E-state index in [1.165, 1.54) is 6.42 Å². The van der Waals surface area contributed by atoms with E-state index >= 15 is 0 Å². The lowest BCUT2D eigenvalue weighted by Crippen LogP contribution is -2.42. The number of thioether (sulfide) groups is 1. The fourth-order valence-corrected chi connectivity index (χ4v) is 4.70. The van der Waals surface area contributed by atoms with E-state index in [1.807, 2.05) is 50.1 Å². The van der Waals surface area contributed by atoms with Crippen LogP contribution in [-0.2, 0) is 5.75 Å². The minimum absolute atomic E-state index is 0.146. The number of likely N-dealkylation sites (tertiary alicyclic amines) is 1. The van der Waals surface area contributed by atoms with Gasteiger partial charge in [-0.05, 0) is 58.3 Å². The van der Waals surface area contributed by atoms with Crippen LogP contribution in [0.1, 0.15) is 40.2 Å². The lowest BCUT2D eigenvalue weighted by atomic mass is 9.97. The molecule has 6 heteroatoms. The summed E-state index contributed by atoms with van der Waals surface area (Å²) in [5, 5.41) is 7.25. The average Bonchev–Trinajstić information content (AvgIpc) is 2.98. The Balaban J connectivity index is 1.73. The van der Waals surface area contributed by atoms with Crippen LogP contribution >= 0.6 is 11.8 Å². The number of amides is 1. The van der Waals surface area contributed by atoms with Crippen molar-refractivity contribution in [3.8, 4) is 0 Å². The molecule has 1 N–H and O–H groups in total. The van der Waals surface area contributed by atoms with Crippen molar-refractivity contribution in [3.63, 3.8) is 0 Å². The first kappa shape index (κ1) is 19.0. The van der Waals surface area contributed by atoms with Crippen molar-refractivity contribution in [3.05, 3.63) is 46.8 Å². The van der Waals surface area contributed by atoms with Crippen molar-refractivity contribution in [2.45, 2.75) is 37.3 Å². The van der Waals surface area contributed by atoms with Crippen LogP contribution in [-0.4, -0.2) is 42.6 Å². The predicted molar refractivity (Wildman–Crippen MR) is 105 cm³/mol. The maximum Gasteiger partial charge on any atom is 0.254 e. The monoisotopic (exact) mass is 373 g/mol. The number of hydrogen-bond acceptors (Lipinski definition) is 5. The van der Waals surface area contributed by atoms with E-state index in [2.05, 4.69) is 10.5 Å². The molecule has 0 saturated carbocycles. The van der Waals surface area contributed by atoms with Crippen LogP contribution in [0, 0.1) is 19.8 Å². The summed E-state index contributed by atoms with van der Waals surface area (Å²) in [5.74, 6) is 2.30. The van der Waals surface area contributed by atoms with Crippen LogP contribution in [0.3, 0.4) is 0 Å². The highest BCUT2D eigenvalue weighted by Gasteiger charge is 2.25. The van der Waals surface area contributed by atoms with Crippen molar-refractivity contribution in [2.75, 3.05) is 26.7 Å². The summed E-state index contributed by atoms with van der Waals surface area (Å²) in [6.45, 7) is 6.54. The Kier molecular flexibility index (Phi) is 6.38. The molecular formula is C20H27N3O2S. The molecule has 26 heavy (non-hydrogen) atoms. The highest BCUT2D eigenvalue weighted by atomic mass is 32.2. The van der Waals surface area contributed by atoms with Gasteiger partial charge in [-0.3, -0.25) is 4.79 Å². The number of carbonyl (C=O) groups excluding carboxylic acids is 1. The van der Waals surface area contributed by atoms with Gasteiger partial charge >= 0.3 is 0 Å². The third-order valence-corrected chi connectivity index (χ3v) is 6.07. The Bertz CT molecular complexity index is 738. The Morgan fingerprint density at radius 3 is 2.92 bits per heavy atom. The second-order valence-corrected chi connectivity index (χ2v) is 7.92. The third kappa shape index (κ3) is 4.30. The molecule has 1 saturated heterocycles. The molecular weight excluding hydrogens is 346 g/mol. The first-order valence-corrected chi connectivity index (χ1v) is 10.2. The smallest absolute Gasteiger partial charge is 0.254 e.